The van der Waals surface area contributed by atoms with Gasteiger partial charge < -0.3 is 9.64 Å². The zero-order valence-corrected chi connectivity index (χ0v) is 15.7. The summed E-state index contributed by atoms with van der Waals surface area (Å²) in [6.07, 6.45) is 0.684. The molecule has 0 bridgehead atoms. The standard InChI is InChI=1S/C20H20N2O4S/c1-27(24,25)12-11-22-13-15-9-5-6-10-16(15)18-17(20(22)23)21-19(26-18)14-7-3-2-4-8-14/h2-10,17-18H,11-13H2,1H3. The van der Waals surface area contributed by atoms with Gasteiger partial charge >= 0.3 is 0 Å². The number of aliphatic imine (C=N–C) groups is 1. The van der Waals surface area contributed by atoms with Crippen molar-refractivity contribution in [1.82, 2.24) is 4.90 Å². The first-order chi connectivity index (χ1) is 12.9. The second-order valence-corrected chi connectivity index (χ2v) is 9.13. The van der Waals surface area contributed by atoms with E-state index in [1.807, 2.05) is 54.6 Å². The van der Waals surface area contributed by atoms with Gasteiger partial charge in [0.25, 0.3) is 5.91 Å². The fraction of sp³-hybridized carbons (Fsp3) is 0.300. The Morgan fingerprint density at radius 1 is 1.11 bits per heavy atom. The van der Waals surface area contributed by atoms with Crippen LogP contribution in [0.2, 0.25) is 0 Å². The summed E-state index contributed by atoms with van der Waals surface area (Å²) >= 11 is 0. The van der Waals surface area contributed by atoms with Gasteiger partial charge in [0.15, 0.2) is 12.1 Å². The van der Waals surface area contributed by atoms with Gasteiger partial charge in [0.05, 0.1) is 5.75 Å². The molecule has 2 atom stereocenters. The molecule has 1 amide bonds. The zero-order valence-electron chi connectivity index (χ0n) is 14.9. The van der Waals surface area contributed by atoms with E-state index >= 15 is 0 Å². The fourth-order valence-corrected chi connectivity index (χ4v) is 3.99. The third-order valence-electron chi connectivity index (χ3n) is 4.82. The molecule has 2 unspecified atom stereocenters. The van der Waals surface area contributed by atoms with Crippen molar-refractivity contribution in [2.45, 2.75) is 18.7 Å². The van der Waals surface area contributed by atoms with E-state index in [1.165, 1.54) is 6.26 Å². The number of sulfone groups is 1. The van der Waals surface area contributed by atoms with Crippen LogP contribution in [-0.2, 0) is 25.9 Å². The molecule has 0 saturated heterocycles. The minimum Gasteiger partial charge on any atom is -0.466 e. The summed E-state index contributed by atoms with van der Waals surface area (Å²) in [6, 6.07) is 16.5. The summed E-state index contributed by atoms with van der Waals surface area (Å²) in [6.45, 7) is 0.502. The van der Waals surface area contributed by atoms with E-state index in [0.717, 1.165) is 16.7 Å². The molecule has 0 fully saturated rings. The molecule has 140 valence electrons. The van der Waals surface area contributed by atoms with E-state index in [0.29, 0.717) is 12.4 Å². The van der Waals surface area contributed by atoms with Gasteiger partial charge in [-0.25, -0.2) is 13.4 Å². The van der Waals surface area contributed by atoms with Gasteiger partial charge in [-0.3, -0.25) is 4.79 Å². The minimum atomic E-state index is -3.17. The molecule has 27 heavy (non-hydrogen) atoms. The molecule has 0 radical (unpaired) electrons. The Morgan fingerprint density at radius 3 is 2.56 bits per heavy atom. The van der Waals surface area contributed by atoms with E-state index in [-0.39, 0.29) is 18.2 Å². The molecule has 2 aromatic rings. The third-order valence-corrected chi connectivity index (χ3v) is 5.75. The SMILES string of the molecule is CS(=O)(=O)CCN1Cc2ccccc2C2OC(c3ccccc3)=NC2C1=O. The van der Waals surface area contributed by atoms with E-state index in [1.54, 1.807) is 4.90 Å². The molecule has 2 aliphatic rings. The van der Waals surface area contributed by atoms with Crippen LogP contribution in [-0.4, -0.2) is 49.7 Å². The lowest BCUT2D eigenvalue weighted by Gasteiger charge is -2.22. The number of fused-ring (bicyclic) bond motifs is 3. The summed E-state index contributed by atoms with van der Waals surface area (Å²) in [7, 11) is -3.17. The quantitative estimate of drug-likeness (QED) is 0.808. The number of carbonyl (C=O) groups is 1. The number of ether oxygens (including phenoxy) is 1. The van der Waals surface area contributed by atoms with Crippen LogP contribution in [0.15, 0.2) is 59.6 Å². The van der Waals surface area contributed by atoms with Crippen LogP contribution in [0.4, 0.5) is 0 Å². The maximum absolute atomic E-state index is 13.1. The first kappa shape index (κ1) is 17.7. The first-order valence-electron chi connectivity index (χ1n) is 8.76. The molecule has 0 saturated carbocycles. The van der Waals surface area contributed by atoms with Gasteiger partial charge in [0.2, 0.25) is 5.90 Å². The average Bonchev–Trinajstić information content (AvgIpc) is 3.06. The van der Waals surface area contributed by atoms with E-state index in [2.05, 4.69) is 4.99 Å². The summed E-state index contributed by atoms with van der Waals surface area (Å²) in [5.41, 5.74) is 2.70. The lowest BCUT2D eigenvalue weighted by atomic mass is 9.99. The molecule has 7 heteroatoms. The highest BCUT2D eigenvalue weighted by Crippen LogP contribution is 2.37. The highest BCUT2D eigenvalue weighted by Gasteiger charge is 2.43. The Morgan fingerprint density at radius 2 is 1.81 bits per heavy atom. The van der Waals surface area contributed by atoms with E-state index < -0.39 is 22.0 Å². The van der Waals surface area contributed by atoms with Crippen LogP contribution >= 0.6 is 0 Å². The van der Waals surface area contributed by atoms with Crippen molar-refractivity contribution >= 4 is 21.6 Å². The Bertz CT molecular complexity index is 1000. The van der Waals surface area contributed by atoms with Crippen molar-refractivity contribution < 1.29 is 17.9 Å². The second kappa shape index (κ2) is 6.81. The molecule has 2 heterocycles. The topological polar surface area (TPSA) is 76.0 Å². The van der Waals surface area contributed by atoms with E-state index in [4.69, 9.17) is 4.74 Å². The van der Waals surface area contributed by atoms with Gasteiger partial charge in [0.1, 0.15) is 9.84 Å². The number of nitrogens with zero attached hydrogens (tertiary/aromatic N) is 2. The molecule has 4 rings (SSSR count). The van der Waals surface area contributed by atoms with Crippen molar-refractivity contribution in [3.63, 3.8) is 0 Å². The van der Waals surface area contributed by atoms with Crippen LogP contribution < -0.4 is 0 Å². The maximum Gasteiger partial charge on any atom is 0.252 e. The summed E-state index contributed by atoms with van der Waals surface area (Å²) in [5, 5.41) is 0. The van der Waals surface area contributed by atoms with Crippen LogP contribution in [0.5, 0.6) is 0 Å². The van der Waals surface area contributed by atoms with Crippen molar-refractivity contribution in [1.29, 1.82) is 0 Å². The summed E-state index contributed by atoms with van der Waals surface area (Å²) in [5.74, 6) is 0.165. The predicted molar refractivity (Wildman–Crippen MR) is 102 cm³/mol. The zero-order chi connectivity index (χ0) is 19.0. The number of carbonyl (C=O) groups excluding carboxylic acids is 1. The lowest BCUT2D eigenvalue weighted by molar-refractivity contribution is -0.133. The molecule has 2 aromatic carbocycles. The van der Waals surface area contributed by atoms with Crippen molar-refractivity contribution in [3.05, 3.63) is 71.3 Å². The van der Waals surface area contributed by atoms with Crippen LogP contribution in [0, 0.1) is 0 Å². The Kier molecular flexibility index (Phi) is 4.47. The smallest absolute Gasteiger partial charge is 0.252 e. The minimum absolute atomic E-state index is 0.0750. The molecule has 0 aliphatic carbocycles. The normalized spacial score (nSPS) is 21.7. The predicted octanol–water partition coefficient (Wildman–Crippen LogP) is 1.96. The molecular formula is C20H20N2O4S. The van der Waals surface area contributed by atoms with Gasteiger partial charge in [-0.1, -0.05) is 42.5 Å². The average molecular weight is 384 g/mol. The highest BCUT2D eigenvalue weighted by molar-refractivity contribution is 7.90. The number of amides is 1. The Hall–Kier alpha value is -2.67. The summed E-state index contributed by atoms with van der Waals surface area (Å²) < 4.78 is 29.3. The lowest BCUT2D eigenvalue weighted by Crippen LogP contribution is -2.39. The number of benzene rings is 2. The number of hydrogen-bond donors (Lipinski definition) is 0. The number of rotatable bonds is 4. The van der Waals surface area contributed by atoms with Gasteiger partial charge in [-0.15, -0.1) is 0 Å². The molecule has 2 aliphatic heterocycles. The summed E-state index contributed by atoms with van der Waals surface area (Å²) in [4.78, 5) is 19.3. The first-order valence-corrected chi connectivity index (χ1v) is 10.8. The molecule has 6 nitrogen and oxygen atoms in total. The Labute approximate surface area is 158 Å². The van der Waals surface area contributed by atoms with Gasteiger partial charge in [-0.05, 0) is 17.7 Å². The van der Waals surface area contributed by atoms with Crippen molar-refractivity contribution in [3.8, 4) is 0 Å². The van der Waals surface area contributed by atoms with Crippen LogP contribution in [0.1, 0.15) is 22.8 Å². The molecule has 0 spiro atoms. The molecule has 0 aromatic heterocycles. The number of hydrogen-bond acceptors (Lipinski definition) is 5. The van der Waals surface area contributed by atoms with Crippen molar-refractivity contribution in [2.24, 2.45) is 4.99 Å². The molecule has 0 N–H and O–H groups in total. The highest BCUT2D eigenvalue weighted by atomic mass is 32.2. The largest absolute Gasteiger partial charge is 0.466 e. The maximum atomic E-state index is 13.1. The van der Waals surface area contributed by atoms with Gasteiger partial charge in [0, 0.05) is 30.5 Å². The fourth-order valence-electron chi connectivity index (χ4n) is 3.44. The monoisotopic (exact) mass is 384 g/mol. The third kappa shape index (κ3) is 3.60. The van der Waals surface area contributed by atoms with Crippen LogP contribution in [0.3, 0.4) is 0 Å². The Balaban J connectivity index is 1.71. The van der Waals surface area contributed by atoms with Crippen LogP contribution in [0.25, 0.3) is 0 Å². The second-order valence-electron chi connectivity index (χ2n) is 6.87. The van der Waals surface area contributed by atoms with Crippen molar-refractivity contribution in [2.75, 3.05) is 18.6 Å². The van der Waals surface area contributed by atoms with E-state index in [9.17, 15) is 13.2 Å². The van der Waals surface area contributed by atoms with Gasteiger partial charge in [-0.2, -0.15) is 0 Å². The molecular weight excluding hydrogens is 364 g/mol.